The summed E-state index contributed by atoms with van der Waals surface area (Å²) in [5.41, 5.74) is 2.99. The predicted octanol–water partition coefficient (Wildman–Crippen LogP) is 2.27. The summed E-state index contributed by atoms with van der Waals surface area (Å²) in [6.45, 7) is 3.84. The van der Waals surface area contributed by atoms with Gasteiger partial charge in [0.05, 0.1) is 6.04 Å². The van der Waals surface area contributed by atoms with E-state index in [1.54, 1.807) is 12.4 Å². The minimum atomic E-state index is -0.237. The molecule has 2 rings (SSSR count). The highest BCUT2D eigenvalue weighted by Crippen LogP contribution is 2.20. The zero-order valence-electron chi connectivity index (χ0n) is 13.4. The van der Waals surface area contributed by atoms with E-state index in [9.17, 15) is 4.79 Å². The Morgan fingerprint density at radius 3 is 2.35 bits per heavy atom. The van der Waals surface area contributed by atoms with Crippen molar-refractivity contribution in [3.05, 3.63) is 48.5 Å². The maximum absolute atomic E-state index is 11.9. The Bertz CT molecular complexity index is 616. The number of nitrogens with one attached hydrogen (secondary N) is 2. The molecule has 0 spiro atoms. The van der Waals surface area contributed by atoms with Gasteiger partial charge >= 0.3 is 6.03 Å². The Hall–Kier alpha value is -2.47. The van der Waals surface area contributed by atoms with E-state index in [0.29, 0.717) is 6.42 Å². The van der Waals surface area contributed by atoms with E-state index in [1.807, 2.05) is 38.1 Å². The van der Waals surface area contributed by atoms with Gasteiger partial charge in [-0.15, -0.1) is 0 Å². The van der Waals surface area contributed by atoms with E-state index in [2.05, 4.69) is 20.6 Å². The molecule has 23 heavy (non-hydrogen) atoms. The average molecular weight is 314 g/mol. The second kappa shape index (κ2) is 8.24. The van der Waals surface area contributed by atoms with Crippen LogP contribution in [0.2, 0.25) is 0 Å². The number of amides is 2. The minimum Gasteiger partial charge on any atom is -0.396 e. The van der Waals surface area contributed by atoms with E-state index in [4.69, 9.17) is 5.11 Å². The van der Waals surface area contributed by atoms with Crippen molar-refractivity contribution in [2.75, 3.05) is 6.61 Å². The van der Waals surface area contributed by atoms with E-state index < -0.39 is 0 Å². The molecule has 0 radical (unpaired) electrons. The van der Waals surface area contributed by atoms with Crippen molar-refractivity contribution in [2.24, 2.45) is 0 Å². The number of hydrogen-bond donors (Lipinski definition) is 3. The average Bonchev–Trinajstić information content (AvgIpc) is 2.56. The van der Waals surface area contributed by atoms with E-state index in [1.165, 1.54) is 6.33 Å². The maximum Gasteiger partial charge on any atom is 0.315 e. The van der Waals surface area contributed by atoms with Crippen LogP contribution in [0.3, 0.4) is 0 Å². The Kier molecular flexibility index (Phi) is 6.05. The third-order valence-electron chi connectivity index (χ3n) is 3.59. The molecular weight excluding hydrogens is 292 g/mol. The van der Waals surface area contributed by atoms with Gasteiger partial charge in [-0.2, -0.15) is 0 Å². The lowest BCUT2D eigenvalue weighted by Gasteiger charge is -2.18. The first kappa shape index (κ1) is 16.9. The normalized spacial score (nSPS) is 13.2. The standard InChI is InChI=1S/C17H22N4O2/c1-12(7-8-22)20-17(23)21-13(2)14-3-5-15(6-4-14)16-9-18-11-19-10-16/h3-6,9-13,22H,7-8H2,1-2H3,(H2,20,21,23)/t12-,13?/m1/s1. The highest BCUT2D eigenvalue weighted by molar-refractivity contribution is 5.74. The third kappa shape index (κ3) is 5.03. The molecule has 0 aliphatic rings. The molecule has 6 heteroatoms. The van der Waals surface area contributed by atoms with Crippen molar-refractivity contribution in [3.8, 4) is 11.1 Å². The van der Waals surface area contributed by atoms with Gasteiger partial charge in [0.15, 0.2) is 0 Å². The molecule has 2 aromatic rings. The van der Waals surface area contributed by atoms with Gasteiger partial charge < -0.3 is 15.7 Å². The number of aliphatic hydroxyl groups excluding tert-OH is 1. The first-order valence-electron chi connectivity index (χ1n) is 7.63. The fraction of sp³-hybridized carbons (Fsp3) is 0.353. The van der Waals surface area contributed by atoms with Crippen molar-refractivity contribution in [1.29, 1.82) is 0 Å². The Morgan fingerprint density at radius 2 is 1.74 bits per heavy atom. The number of nitrogens with zero attached hydrogens (tertiary/aromatic N) is 2. The molecule has 2 atom stereocenters. The number of rotatable bonds is 6. The zero-order valence-corrected chi connectivity index (χ0v) is 13.4. The smallest absolute Gasteiger partial charge is 0.315 e. The van der Waals surface area contributed by atoms with Crippen LogP contribution in [0.25, 0.3) is 11.1 Å². The molecule has 3 N–H and O–H groups in total. The largest absolute Gasteiger partial charge is 0.396 e. The maximum atomic E-state index is 11.9. The van der Waals surface area contributed by atoms with Crippen LogP contribution in [0.15, 0.2) is 43.0 Å². The summed E-state index contributed by atoms with van der Waals surface area (Å²) < 4.78 is 0. The van der Waals surface area contributed by atoms with Gasteiger partial charge in [-0.25, -0.2) is 14.8 Å². The summed E-state index contributed by atoms with van der Waals surface area (Å²) in [5.74, 6) is 0. The summed E-state index contributed by atoms with van der Waals surface area (Å²) in [7, 11) is 0. The number of aliphatic hydroxyl groups is 1. The molecule has 2 amide bonds. The van der Waals surface area contributed by atoms with E-state index >= 15 is 0 Å². The lowest BCUT2D eigenvalue weighted by molar-refractivity contribution is 0.228. The topological polar surface area (TPSA) is 87.1 Å². The first-order chi connectivity index (χ1) is 11.1. The van der Waals surface area contributed by atoms with Crippen LogP contribution in [0.5, 0.6) is 0 Å². The number of carbonyl (C=O) groups excluding carboxylic acids is 1. The molecule has 0 bridgehead atoms. The Morgan fingerprint density at radius 1 is 1.09 bits per heavy atom. The fourth-order valence-electron chi connectivity index (χ4n) is 2.22. The van der Waals surface area contributed by atoms with Crippen LogP contribution >= 0.6 is 0 Å². The van der Waals surface area contributed by atoms with Gasteiger partial charge in [0, 0.05) is 30.6 Å². The molecule has 0 aliphatic carbocycles. The van der Waals surface area contributed by atoms with Gasteiger partial charge in [0.2, 0.25) is 0 Å². The predicted molar refractivity (Wildman–Crippen MR) is 88.7 cm³/mol. The number of hydrogen-bond acceptors (Lipinski definition) is 4. The van der Waals surface area contributed by atoms with Crippen LogP contribution in [0.4, 0.5) is 4.79 Å². The second-order valence-corrected chi connectivity index (χ2v) is 5.50. The molecule has 0 aliphatic heterocycles. The van der Waals surface area contributed by atoms with Gasteiger partial charge in [-0.1, -0.05) is 24.3 Å². The van der Waals surface area contributed by atoms with Gasteiger partial charge in [0.1, 0.15) is 6.33 Å². The molecule has 1 aromatic carbocycles. The Balaban J connectivity index is 1.95. The van der Waals surface area contributed by atoms with Crippen molar-refractivity contribution in [3.63, 3.8) is 0 Å². The van der Waals surface area contributed by atoms with Crippen molar-refractivity contribution >= 4 is 6.03 Å². The Labute approximate surface area is 136 Å². The summed E-state index contributed by atoms with van der Waals surface area (Å²) in [6.07, 6.45) is 5.56. The van der Waals surface area contributed by atoms with Crippen molar-refractivity contribution in [1.82, 2.24) is 20.6 Å². The lowest BCUT2D eigenvalue weighted by Crippen LogP contribution is -2.42. The zero-order chi connectivity index (χ0) is 16.7. The van der Waals surface area contributed by atoms with Crippen LogP contribution in [0, 0.1) is 0 Å². The first-order valence-corrected chi connectivity index (χ1v) is 7.63. The highest BCUT2D eigenvalue weighted by Gasteiger charge is 2.11. The van der Waals surface area contributed by atoms with E-state index in [0.717, 1.165) is 16.7 Å². The second-order valence-electron chi connectivity index (χ2n) is 5.50. The molecule has 6 nitrogen and oxygen atoms in total. The van der Waals surface area contributed by atoms with Crippen LogP contribution in [-0.2, 0) is 0 Å². The number of aromatic nitrogens is 2. The lowest BCUT2D eigenvalue weighted by atomic mass is 10.0. The number of benzene rings is 1. The monoisotopic (exact) mass is 314 g/mol. The third-order valence-corrected chi connectivity index (χ3v) is 3.59. The van der Waals surface area contributed by atoms with Gasteiger partial charge in [0.25, 0.3) is 0 Å². The summed E-state index contributed by atoms with van der Waals surface area (Å²) in [4.78, 5) is 19.9. The van der Waals surface area contributed by atoms with E-state index in [-0.39, 0.29) is 24.7 Å². The van der Waals surface area contributed by atoms with Crippen LogP contribution in [0.1, 0.15) is 31.9 Å². The molecule has 1 unspecified atom stereocenters. The number of urea groups is 1. The van der Waals surface area contributed by atoms with Crippen LogP contribution < -0.4 is 10.6 Å². The van der Waals surface area contributed by atoms with Gasteiger partial charge in [-0.3, -0.25) is 0 Å². The van der Waals surface area contributed by atoms with Gasteiger partial charge in [-0.05, 0) is 31.4 Å². The molecule has 1 aromatic heterocycles. The van der Waals surface area contributed by atoms with Crippen molar-refractivity contribution in [2.45, 2.75) is 32.4 Å². The molecule has 0 saturated heterocycles. The number of carbonyl (C=O) groups is 1. The summed E-state index contributed by atoms with van der Waals surface area (Å²) in [5, 5.41) is 14.5. The summed E-state index contributed by atoms with van der Waals surface area (Å²) >= 11 is 0. The fourth-order valence-corrected chi connectivity index (χ4v) is 2.22. The molecule has 122 valence electrons. The molecule has 1 heterocycles. The quantitative estimate of drug-likeness (QED) is 0.763. The molecule has 0 fully saturated rings. The van der Waals surface area contributed by atoms with Crippen LogP contribution in [-0.4, -0.2) is 33.8 Å². The van der Waals surface area contributed by atoms with Crippen molar-refractivity contribution < 1.29 is 9.90 Å². The highest BCUT2D eigenvalue weighted by atomic mass is 16.3. The summed E-state index contributed by atoms with van der Waals surface area (Å²) in [6, 6.07) is 7.51. The SMILES string of the molecule is CC(NC(=O)N[C@H](C)CCO)c1ccc(-c2cncnc2)cc1. The minimum absolute atomic E-state index is 0.0572. The molecule has 0 saturated carbocycles. The molecular formula is C17H22N4O2.